The standard InChI is InChI=1S/C18H17NO4/c1-11(2)23-15-6-3-13(4-7-15)19-16-8-5-14(20)9-12(16)10-17(19)18(21)22/h3-11,20H,1-2H3,(H,21,22). The van der Waals surface area contributed by atoms with Gasteiger partial charge in [-0.2, -0.15) is 0 Å². The first-order chi connectivity index (χ1) is 11.0. The van der Waals surface area contributed by atoms with Crippen molar-refractivity contribution in [1.29, 1.82) is 0 Å². The summed E-state index contributed by atoms with van der Waals surface area (Å²) < 4.78 is 7.26. The number of rotatable bonds is 4. The van der Waals surface area contributed by atoms with Crippen molar-refractivity contribution in [2.75, 3.05) is 0 Å². The Morgan fingerprint density at radius 3 is 2.39 bits per heavy atom. The van der Waals surface area contributed by atoms with Crippen molar-refractivity contribution >= 4 is 16.9 Å². The molecule has 118 valence electrons. The number of hydrogen-bond acceptors (Lipinski definition) is 3. The molecule has 5 nitrogen and oxygen atoms in total. The first kappa shape index (κ1) is 15.0. The minimum Gasteiger partial charge on any atom is -0.508 e. The average molecular weight is 311 g/mol. The number of hydrogen-bond donors (Lipinski definition) is 2. The predicted molar refractivity (Wildman–Crippen MR) is 87.7 cm³/mol. The fourth-order valence-electron chi connectivity index (χ4n) is 2.58. The smallest absolute Gasteiger partial charge is 0.352 e. The fourth-order valence-corrected chi connectivity index (χ4v) is 2.58. The Bertz CT molecular complexity index is 863. The molecule has 2 aromatic carbocycles. The highest BCUT2D eigenvalue weighted by Crippen LogP contribution is 2.28. The lowest BCUT2D eigenvalue weighted by atomic mass is 10.2. The zero-order chi connectivity index (χ0) is 16.6. The summed E-state index contributed by atoms with van der Waals surface area (Å²) in [7, 11) is 0. The van der Waals surface area contributed by atoms with E-state index in [1.165, 1.54) is 0 Å². The highest BCUT2D eigenvalue weighted by molar-refractivity contribution is 5.96. The summed E-state index contributed by atoms with van der Waals surface area (Å²) in [4.78, 5) is 11.6. The van der Waals surface area contributed by atoms with Gasteiger partial charge in [0.25, 0.3) is 0 Å². The van der Waals surface area contributed by atoms with Gasteiger partial charge < -0.3 is 19.5 Å². The van der Waals surface area contributed by atoms with Crippen molar-refractivity contribution in [3.8, 4) is 17.2 Å². The summed E-state index contributed by atoms with van der Waals surface area (Å²) >= 11 is 0. The second-order valence-electron chi connectivity index (χ2n) is 5.57. The molecule has 0 saturated heterocycles. The number of phenolic OH excluding ortho intramolecular Hbond substituents is 1. The summed E-state index contributed by atoms with van der Waals surface area (Å²) in [5, 5.41) is 19.7. The van der Waals surface area contributed by atoms with Crippen LogP contribution in [0.25, 0.3) is 16.6 Å². The Morgan fingerprint density at radius 1 is 1.09 bits per heavy atom. The predicted octanol–water partition coefficient (Wildman–Crippen LogP) is 3.82. The van der Waals surface area contributed by atoms with Crippen molar-refractivity contribution in [3.05, 3.63) is 54.2 Å². The molecule has 0 aliphatic carbocycles. The highest BCUT2D eigenvalue weighted by Gasteiger charge is 2.16. The van der Waals surface area contributed by atoms with Gasteiger partial charge in [-0.15, -0.1) is 0 Å². The first-order valence-electron chi connectivity index (χ1n) is 7.30. The Kier molecular flexibility index (Phi) is 3.70. The number of nitrogens with zero attached hydrogens (tertiary/aromatic N) is 1. The fraction of sp³-hybridized carbons (Fsp3) is 0.167. The van der Waals surface area contributed by atoms with Gasteiger partial charge in [-0.3, -0.25) is 0 Å². The third-order valence-corrected chi connectivity index (χ3v) is 3.47. The molecule has 0 amide bonds. The van der Waals surface area contributed by atoms with Crippen LogP contribution in [0, 0.1) is 0 Å². The van der Waals surface area contributed by atoms with Gasteiger partial charge in [0.15, 0.2) is 0 Å². The van der Waals surface area contributed by atoms with Gasteiger partial charge in [0.1, 0.15) is 17.2 Å². The van der Waals surface area contributed by atoms with E-state index in [9.17, 15) is 15.0 Å². The van der Waals surface area contributed by atoms with Gasteiger partial charge in [0, 0.05) is 11.1 Å². The molecule has 0 bridgehead atoms. The summed E-state index contributed by atoms with van der Waals surface area (Å²) in [6.45, 7) is 3.89. The van der Waals surface area contributed by atoms with Gasteiger partial charge in [0.2, 0.25) is 0 Å². The van der Waals surface area contributed by atoms with Crippen molar-refractivity contribution < 1.29 is 19.7 Å². The molecule has 23 heavy (non-hydrogen) atoms. The van der Waals surface area contributed by atoms with E-state index in [2.05, 4.69) is 0 Å². The van der Waals surface area contributed by atoms with Crippen LogP contribution in [0.4, 0.5) is 0 Å². The molecule has 0 saturated carbocycles. The van der Waals surface area contributed by atoms with Crippen LogP contribution in [0.2, 0.25) is 0 Å². The maximum Gasteiger partial charge on any atom is 0.352 e. The van der Waals surface area contributed by atoms with E-state index in [-0.39, 0.29) is 17.5 Å². The van der Waals surface area contributed by atoms with Crippen LogP contribution < -0.4 is 4.74 Å². The number of aromatic carboxylic acids is 1. The number of fused-ring (bicyclic) bond motifs is 1. The third kappa shape index (κ3) is 2.85. The molecule has 0 radical (unpaired) electrons. The van der Waals surface area contributed by atoms with Crippen LogP contribution in [0.15, 0.2) is 48.5 Å². The highest BCUT2D eigenvalue weighted by atomic mass is 16.5. The Balaban J connectivity index is 2.14. The van der Waals surface area contributed by atoms with E-state index in [4.69, 9.17) is 4.74 Å². The lowest BCUT2D eigenvalue weighted by Gasteiger charge is -2.12. The molecule has 1 aromatic heterocycles. The quantitative estimate of drug-likeness (QED) is 0.768. The van der Waals surface area contributed by atoms with E-state index in [0.717, 1.165) is 17.0 Å². The number of carbonyl (C=O) groups is 1. The minimum absolute atomic E-state index is 0.0748. The van der Waals surface area contributed by atoms with Gasteiger partial charge in [-0.05, 0) is 62.4 Å². The summed E-state index contributed by atoms with van der Waals surface area (Å²) in [5.41, 5.74) is 1.58. The molecule has 3 rings (SSSR count). The monoisotopic (exact) mass is 311 g/mol. The number of phenols is 1. The zero-order valence-corrected chi connectivity index (χ0v) is 12.9. The van der Waals surface area contributed by atoms with Gasteiger partial charge in [0.05, 0.1) is 11.6 Å². The van der Waals surface area contributed by atoms with Crippen LogP contribution >= 0.6 is 0 Å². The van der Waals surface area contributed by atoms with E-state index in [1.54, 1.807) is 28.8 Å². The molecule has 2 N–H and O–H groups in total. The molecule has 0 atom stereocenters. The molecular formula is C18H17NO4. The lowest BCUT2D eigenvalue weighted by molar-refractivity contribution is 0.0688. The number of ether oxygens (including phenoxy) is 1. The summed E-state index contributed by atoms with van der Waals surface area (Å²) in [5.74, 6) is -0.190. The van der Waals surface area contributed by atoms with Crippen LogP contribution in [0.1, 0.15) is 24.3 Å². The molecule has 3 aromatic rings. The van der Waals surface area contributed by atoms with E-state index in [0.29, 0.717) is 5.39 Å². The molecule has 5 heteroatoms. The second kappa shape index (κ2) is 5.68. The minimum atomic E-state index is -1.02. The Hall–Kier alpha value is -2.95. The summed E-state index contributed by atoms with van der Waals surface area (Å²) in [6, 6.07) is 13.6. The van der Waals surface area contributed by atoms with E-state index >= 15 is 0 Å². The molecular weight excluding hydrogens is 294 g/mol. The third-order valence-electron chi connectivity index (χ3n) is 3.47. The maximum atomic E-state index is 11.6. The van der Waals surface area contributed by atoms with Gasteiger partial charge >= 0.3 is 5.97 Å². The topological polar surface area (TPSA) is 71.7 Å². The van der Waals surface area contributed by atoms with Crippen molar-refractivity contribution in [3.63, 3.8) is 0 Å². The van der Waals surface area contributed by atoms with Crippen molar-refractivity contribution in [1.82, 2.24) is 4.57 Å². The molecule has 1 heterocycles. The van der Waals surface area contributed by atoms with Crippen LogP contribution in [-0.2, 0) is 0 Å². The number of aromatic hydroxyl groups is 1. The van der Waals surface area contributed by atoms with Crippen LogP contribution in [-0.4, -0.2) is 26.9 Å². The molecule has 0 fully saturated rings. The average Bonchev–Trinajstić information content (AvgIpc) is 2.86. The Morgan fingerprint density at radius 2 is 1.78 bits per heavy atom. The molecule has 0 aliphatic rings. The normalized spacial score (nSPS) is 11.1. The number of aromatic nitrogens is 1. The van der Waals surface area contributed by atoms with Crippen LogP contribution in [0.5, 0.6) is 11.5 Å². The van der Waals surface area contributed by atoms with E-state index in [1.807, 2.05) is 38.1 Å². The number of carboxylic acids is 1. The van der Waals surface area contributed by atoms with Crippen molar-refractivity contribution in [2.24, 2.45) is 0 Å². The SMILES string of the molecule is CC(C)Oc1ccc(-n2c(C(=O)O)cc3cc(O)ccc32)cc1. The largest absolute Gasteiger partial charge is 0.508 e. The van der Waals surface area contributed by atoms with E-state index < -0.39 is 5.97 Å². The second-order valence-corrected chi connectivity index (χ2v) is 5.57. The van der Waals surface area contributed by atoms with Gasteiger partial charge in [-0.25, -0.2) is 4.79 Å². The van der Waals surface area contributed by atoms with Crippen LogP contribution in [0.3, 0.4) is 0 Å². The molecule has 0 unspecified atom stereocenters. The Labute approximate surface area is 133 Å². The maximum absolute atomic E-state index is 11.6. The zero-order valence-electron chi connectivity index (χ0n) is 12.9. The lowest BCUT2D eigenvalue weighted by Crippen LogP contribution is -2.07. The first-order valence-corrected chi connectivity index (χ1v) is 7.30. The van der Waals surface area contributed by atoms with Gasteiger partial charge in [-0.1, -0.05) is 0 Å². The van der Waals surface area contributed by atoms with Crippen molar-refractivity contribution in [2.45, 2.75) is 20.0 Å². The molecule has 0 spiro atoms. The number of carboxylic acid groups (broad SMARTS) is 1. The molecule has 0 aliphatic heterocycles. The number of benzene rings is 2. The summed E-state index contributed by atoms with van der Waals surface area (Å²) in [6.07, 6.45) is 0.0748.